The van der Waals surface area contributed by atoms with Crippen LogP contribution in [0.2, 0.25) is 0 Å². The summed E-state index contributed by atoms with van der Waals surface area (Å²) in [6, 6.07) is 12.6. The van der Waals surface area contributed by atoms with Gasteiger partial charge in [-0.05, 0) is 24.3 Å². The Morgan fingerprint density at radius 1 is 1.26 bits per heavy atom. The van der Waals surface area contributed by atoms with Crippen molar-refractivity contribution in [2.24, 2.45) is 10.7 Å². The Balaban J connectivity index is 1.87. The Kier molecular flexibility index (Phi) is 5.54. The Bertz CT molecular complexity index is 1120. The first-order chi connectivity index (χ1) is 15.1. The highest BCUT2D eigenvalue weighted by Gasteiger charge is 2.27. The molecule has 0 aromatic heterocycles. The maximum absolute atomic E-state index is 9.89. The number of rotatable bonds is 3. The summed E-state index contributed by atoms with van der Waals surface area (Å²) in [6.45, 7) is 6.58. The molecule has 0 saturated heterocycles. The lowest BCUT2D eigenvalue weighted by Crippen LogP contribution is -2.37. The van der Waals surface area contributed by atoms with Gasteiger partial charge in [0.05, 0.1) is 40.1 Å². The number of benzene rings is 2. The van der Waals surface area contributed by atoms with E-state index in [9.17, 15) is 5.26 Å². The van der Waals surface area contributed by atoms with Crippen LogP contribution >= 0.6 is 0 Å². The molecule has 0 spiro atoms. The number of hydrogen-bond donors (Lipinski definition) is 3. The van der Waals surface area contributed by atoms with Gasteiger partial charge in [0, 0.05) is 69.4 Å². The predicted octanol–water partition coefficient (Wildman–Crippen LogP) is 3.89. The molecule has 0 amide bonds. The number of allylic oxidation sites excluding steroid dienone is 1. The highest BCUT2D eigenvalue weighted by molar-refractivity contribution is 6.11. The first kappa shape index (κ1) is 20.4. The topological polar surface area (TPSA) is 92.7 Å². The second-order valence-corrected chi connectivity index (χ2v) is 7.69. The fourth-order valence-electron chi connectivity index (χ4n) is 4.16. The van der Waals surface area contributed by atoms with E-state index in [0.29, 0.717) is 5.56 Å². The first-order valence-electron chi connectivity index (χ1n) is 10.3. The number of nitrogens with two attached hydrogens (primary N) is 1. The van der Waals surface area contributed by atoms with Crippen LogP contribution in [0.4, 0.5) is 28.4 Å². The lowest BCUT2D eigenvalue weighted by atomic mass is 9.97. The van der Waals surface area contributed by atoms with E-state index >= 15 is 0 Å². The fraction of sp³-hybridized carbons (Fsp3) is 0.250. The Hall–Kier alpha value is -3.92. The zero-order valence-electron chi connectivity index (χ0n) is 17.9. The van der Waals surface area contributed by atoms with Gasteiger partial charge in [-0.25, -0.2) is 0 Å². The van der Waals surface area contributed by atoms with E-state index in [-0.39, 0.29) is 0 Å². The fourth-order valence-corrected chi connectivity index (χ4v) is 4.16. The number of nitriles is 1. The predicted molar refractivity (Wildman–Crippen MR) is 130 cm³/mol. The zero-order chi connectivity index (χ0) is 22.0. The van der Waals surface area contributed by atoms with E-state index in [1.165, 1.54) is 6.20 Å². The standard InChI is InChI=1S/C24H27N7/c1-16-7-8-28-24-20(29-16)5-4-6-21(24)31-10-9-30(3)22-12-19(18(14-26)15-27-2)17(13-25)11-23(22)31/h4-6,11-12,14-15,28-29H,1,7-10,26H2,2-3H3. The highest BCUT2D eigenvalue weighted by atomic mass is 15.3. The number of hydrogen-bond acceptors (Lipinski definition) is 7. The summed E-state index contributed by atoms with van der Waals surface area (Å²) >= 11 is 0. The SMILES string of the molecule is C=C1CCNc2c(cccc2N2CCN(C)c3cc(C(C=NC)=CN)c(C#N)cc32)N1. The smallest absolute Gasteiger partial charge is 0.0999 e. The minimum absolute atomic E-state index is 0.567. The molecule has 2 aromatic carbocycles. The lowest BCUT2D eigenvalue weighted by Gasteiger charge is -2.38. The maximum Gasteiger partial charge on any atom is 0.0999 e. The van der Waals surface area contributed by atoms with Crippen molar-refractivity contribution >= 4 is 40.2 Å². The van der Waals surface area contributed by atoms with E-state index in [2.05, 4.69) is 57.3 Å². The van der Waals surface area contributed by atoms with Gasteiger partial charge in [0.25, 0.3) is 0 Å². The molecule has 7 nitrogen and oxygen atoms in total. The number of para-hydroxylation sites is 1. The summed E-state index contributed by atoms with van der Waals surface area (Å²) < 4.78 is 0. The summed E-state index contributed by atoms with van der Waals surface area (Å²) in [7, 11) is 3.76. The third kappa shape index (κ3) is 3.68. The van der Waals surface area contributed by atoms with Gasteiger partial charge in [-0.3, -0.25) is 4.99 Å². The molecule has 2 aliphatic heterocycles. The van der Waals surface area contributed by atoms with Crippen molar-refractivity contribution in [3.8, 4) is 6.07 Å². The van der Waals surface area contributed by atoms with E-state index in [0.717, 1.165) is 71.3 Å². The number of fused-ring (bicyclic) bond motifs is 2. The third-order valence-electron chi connectivity index (χ3n) is 5.73. The summed E-state index contributed by atoms with van der Waals surface area (Å²) in [4.78, 5) is 8.58. The quantitative estimate of drug-likeness (QED) is 0.661. The minimum atomic E-state index is 0.567. The van der Waals surface area contributed by atoms with E-state index in [4.69, 9.17) is 5.73 Å². The molecule has 0 aliphatic carbocycles. The maximum atomic E-state index is 9.89. The molecular formula is C24H27N7. The van der Waals surface area contributed by atoms with Gasteiger partial charge < -0.3 is 26.2 Å². The lowest BCUT2D eigenvalue weighted by molar-refractivity contribution is 0.821. The Morgan fingerprint density at radius 3 is 2.84 bits per heavy atom. The van der Waals surface area contributed by atoms with E-state index in [1.807, 2.05) is 18.2 Å². The zero-order valence-corrected chi connectivity index (χ0v) is 17.9. The molecule has 2 heterocycles. The van der Waals surface area contributed by atoms with Crippen molar-refractivity contribution in [1.29, 1.82) is 5.26 Å². The Labute approximate surface area is 183 Å². The second kappa shape index (κ2) is 8.44. The van der Waals surface area contributed by atoms with Gasteiger partial charge in [0.1, 0.15) is 0 Å². The Morgan fingerprint density at radius 2 is 2.10 bits per heavy atom. The molecule has 0 unspecified atom stereocenters. The van der Waals surface area contributed by atoms with Gasteiger partial charge in [0.15, 0.2) is 0 Å². The van der Waals surface area contributed by atoms with Crippen molar-refractivity contribution in [3.63, 3.8) is 0 Å². The van der Waals surface area contributed by atoms with Gasteiger partial charge in [-0.15, -0.1) is 0 Å². The largest absolute Gasteiger partial charge is 0.404 e. The first-order valence-corrected chi connectivity index (χ1v) is 10.3. The molecule has 4 N–H and O–H groups in total. The van der Waals surface area contributed by atoms with E-state index in [1.54, 1.807) is 13.3 Å². The van der Waals surface area contributed by atoms with Crippen LogP contribution in [0.1, 0.15) is 17.5 Å². The summed E-state index contributed by atoms with van der Waals surface area (Å²) in [5, 5.41) is 16.9. The minimum Gasteiger partial charge on any atom is -0.404 e. The van der Waals surface area contributed by atoms with Crippen LogP contribution in [0, 0.1) is 11.3 Å². The highest BCUT2D eigenvalue weighted by Crippen LogP contribution is 2.45. The molecule has 0 atom stereocenters. The molecule has 0 fully saturated rings. The molecule has 31 heavy (non-hydrogen) atoms. The van der Waals surface area contributed by atoms with Gasteiger partial charge in [0.2, 0.25) is 0 Å². The molecule has 4 rings (SSSR count). The monoisotopic (exact) mass is 413 g/mol. The van der Waals surface area contributed by atoms with Crippen LogP contribution in [0.25, 0.3) is 5.57 Å². The van der Waals surface area contributed by atoms with Crippen molar-refractivity contribution in [1.82, 2.24) is 0 Å². The van der Waals surface area contributed by atoms with Crippen molar-refractivity contribution in [2.75, 3.05) is 54.2 Å². The van der Waals surface area contributed by atoms with Gasteiger partial charge in [-0.1, -0.05) is 12.6 Å². The average Bonchev–Trinajstić information content (AvgIpc) is 2.97. The number of aliphatic imine (C=N–C) groups is 1. The summed E-state index contributed by atoms with van der Waals surface area (Å²) in [6.07, 6.45) is 4.04. The average molecular weight is 414 g/mol. The van der Waals surface area contributed by atoms with E-state index < -0.39 is 0 Å². The number of likely N-dealkylation sites (N-methyl/N-ethyl adjacent to an activating group) is 1. The van der Waals surface area contributed by atoms with Crippen LogP contribution < -0.4 is 26.2 Å². The molecule has 0 saturated carbocycles. The normalized spacial score (nSPS) is 16.2. The third-order valence-corrected chi connectivity index (χ3v) is 5.73. The molecule has 0 radical (unpaired) electrons. The van der Waals surface area contributed by atoms with Crippen LogP contribution in [0.3, 0.4) is 0 Å². The number of anilines is 5. The summed E-state index contributed by atoms with van der Waals surface area (Å²) in [5.41, 5.74) is 14.1. The molecule has 2 aromatic rings. The molecule has 7 heteroatoms. The number of nitrogens with one attached hydrogen (secondary N) is 2. The molecule has 2 aliphatic rings. The molecular weight excluding hydrogens is 386 g/mol. The van der Waals surface area contributed by atoms with Crippen molar-refractivity contribution in [3.05, 3.63) is 59.9 Å². The molecule has 158 valence electrons. The second-order valence-electron chi connectivity index (χ2n) is 7.69. The van der Waals surface area contributed by atoms with Crippen molar-refractivity contribution in [2.45, 2.75) is 6.42 Å². The van der Waals surface area contributed by atoms with Crippen LogP contribution in [0.5, 0.6) is 0 Å². The summed E-state index contributed by atoms with van der Waals surface area (Å²) in [5.74, 6) is 0. The van der Waals surface area contributed by atoms with Crippen LogP contribution in [-0.4, -0.2) is 39.9 Å². The number of nitrogens with zero attached hydrogens (tertiary/aromatic N) is 4. The van der Waals surface area contributed by atoms with Gasteiger partial charge >= 0.3 is 0 Å². The van der Waals surface area contributed by atoms with Crippen molar-refractivity contribution < 1.29 is 0 Å². The molecule has 0 bridgehead atoms. The van der Waals surface area contributed by atoms with Crippen LogP contribution in [-0.2, 0) is 0 Å². The van der Waals surface area contributed by atoms with Gasteiger partial charge in [-0.2, -0.15) is 5.26 Å². The van der Waals surface area contributed by atoms with Crippen LogP contribution in [0.15, 0.2) is 53.8 Å².